The van der Waals surface area contributed by atoms with E-state index in [4.69, 9.17) is 11.3 Å². The smallest absolute Gasteiger partial charge is 0.237 e. The molecule has 3 N–H and O–H groups in total. The Balaban J connectivity index is 2.12. The van der Waals surface area contributed by atoms with Gasteiger partial charge in [-0.05, 0) is 37.1 Å². The summed E-state index contributed by atoms with van der Waals surface area (Å²) in [6.45, 7) is 2.26. The molecule has 1 aliphatic rings. The number of benzene rings is 1. The van der Waals surface area contributed by atoms with Crippen molar-refractivity contribution in [3.05, 3.63) is 29.8 Å². The van der Waals surface area contributed by atoms with Gasteiger partial charge in [0.05, 0.1) is 0 Å². The predicted octanol–water partition coefficient (Wildman–Crippen LogP) is 1.50. The Morgan fingerprint density at radius 3 is 2.33 bits per heavy atom. The first-order chi connectivity index (χ1) is 7.31. The van der Waals surface area contributed by atoms with Crippen LogP contribution in [-0.4, -0.2) is 19.0 Å². The van der Waals surface area contributed by atoms with Crippen LogP contribution in [0.5, 0.6) is 0 Å². The number of hydrogen-bond donors (Lipinski definition) is 2. The molecule has 0 radical (unpaired) electrons. The molecule has 0 aliphatic carbocycles. The van der Waals surface area contributed by atoms with Crippen molar-refractivity contribution in [1.82, 2.24) is 0 Å². The minimum atomic E-state index is 0.00275. The summed E-state index contributed by atoms with van der Waals surface area (Å²) in [4.78, 5) is 6.72. The Morgan fingerprint density at radius 1 is 1.20 bits per heavy atom. The summed E-state index contributed by atoms with van der Waals surface area (Å²) in [5.74, 6) is 4.93. The van der Waals surface area contributed by atoms with Gasteiger partial charge in [-0.3, -0.25) is 5.41 Å². The van der Waals surface area contributed by atoms with Crippen LogP contribution < -0.4 is 10.8 Å². The number of hydrogen-bond acceptors (Lipinski definition) is 4. The van der Waals surface area contributed by atoms with Gasteiger partial charge in [-0.2, -0.15) is 5.90 Å². The van der Waals surface area contributed by atoms with Gasteiger partial charge in [0, 0.05) is 24.3 Å². The van der Waals surface area contributed by atoms with E-state index in [0.29, 0.717) is 5.56 Å². The van der Waals surface area contributed by atoms with Crippen LogP contribution in [-0.2, 0) is 4.84 Å². The van der Waals surface area contributed by atoms with Crippen molar-refractivity contribution in [3.8, 4) is 0 Å². The summed E-state index contributed by atoms with van der Waals surface area (Å²) in [6, 6.07) is 7.74. The van der Waals surface area contributed by atoms with Gasteiger partial charge in [-0.25, -0.2) is 0 Å². The van der Waals surface area contributed by atoms with Crippen LogP contribution in [0.4, 0.5) is 5.69 Å². The summed E-state index contributed by atoms with van der Waals surface area (Å²) < 4.78 is 0. The molecule has 1 saturated heterocycles. The highest BCUT2D eigenvalue weighted by Gasteiger charge is 2.12. The molecular weight excluding hydrogens is 190 g/mol. The van der Waals surface area contributed by atoms with Crippen LogP contribution in [0.3, 0.4) is 0 Å². The number of nitrogens with zero attached hydrogens (tertiary/aromatic N) is 1. The first kappa shape index (κ1) is 9.98. The minimum absolute atomic E-state index is 0.00275. The second kappa shape index (κ2) is 4.31. The van der Waals surface area contributed by atoms with E-state index >= 15 is 0 Å². The van der Waals surface area contributed by atoms with Crippen molar-refractivity contribution in [1.29, 1.82) is 5.41 Å². The fourth-order valence-corrected chi connectivity index (χ4v) is 1.87. The van der Waals surface area contributed by atoms with E-state index in [9.17, 15) is 0 Å². The Labute approximate surface area is 89.1 Å². The van der Waals surface area contributed by atoms with Crippen molar-refractivity contribution in [2.75, 3.05) is 18.0 Å². The Bertz CT molecular complexity index is 341. The molecule has 1 aromatic carbocycles. The van der Waals surface area contributed by atoms with Crippen molar-refractivity contribution < 1.29 is 4.84 Å². The van der Waals surface area contributed by atoms with E-state index in [-0.39, 0.29) is 5.90 Å². The summed E-state index contributed by atoms with van der Waals surface area (Å²) in [5.41, 5.74) is 1.92. The topological polar surface area (TPSA) is 62.3 Å². The highest BCUT2D eigenvalue weighted by Crippen LogP contribution is 2.20. The van der Waals surface area contributed by atoms with Crippen molar-refractivity contribution in [3.63, 3.8) is 0 Å². The van der Waals surface area contributed by atoms with E-state index in [2.05, 4.69) is 9.74 Å². The van der Waals surface area contributed by atoms with Crippen LogP contribution in [0.25, 0.3) is 0 Å². The first-order valence-electron chi connectivity index (χ1n) is 5.12. The molecule has 4 heteroatoms. The molecule has 1 aromatic rings. The molecule has 0 saturated carbocycles. The monoisotopic (exact) mass is 205 g/mol. The molecule has 2 rings (SSSR count). The van der Waals surface area contributed by atoms with Gasteiger partial charge in [0.2, 0.25) is 5.90 Å². The zero-order valence-corrected chi connectivity index (χ0v) is 8.57. The molecule has 4 nitrogen and oxygen atoms in total. The zero-order chi connectivity index (χ0) is 10.7. The van der Waals surface area contributed by atoms with E-state index in [0.717, 1.165) is 13.1 Å². The van der Waals surface area contributed by atoms with Gasteiger partial charge in [0.1, 0.15) is 0 Å². The highest BCUT2D eigenvalue weighted by molar-refractivity contribution is 5.91. The molecule has 0 aromatic heterocycles. The van der Waals surface area contributed by atoms with Crippen LogP contribution in [0, 0.1) is 5.41 Å². The van der Waals surface area contributed by atoms with Gasteiger partial charge in [0.15, 0.2) is 0 Å². The quantitative estimate of drug-likeness (QED) is 0.437. The van der Waals surface area contributed by atoms with Crippen molar-refractivity contribution >= 4 is 11.6 Å². The lowest BCUT2D eigenvalue weighted by molar-refractivity contribution is 0.319. The lowest BCUT2D eigenvalue weighted by Crippen LogP contribution is -2.17. The maximum atomic E-state index is 7.40. The van der Waals surface area contributed by atoms with E-state index in [1.807, 2.05) is 24.3 Å². The summed E-state index contributed by atoms with van der Waals surface area (Å²) >= 11 is 0. The molecule has 0 bridgehead atoms. The van der Waals surface area contributed by atoms with Gasteiger partial charge < -0.3 is 9.74 Å². The molecule has 0 spiro atoms. The normalized spacial score (nSPS) is 15.4. The lowest BCUT2D eigenvalue weighted by Gasteiger charge is -2.17. The third-order valence-electron chi connectivity index (χ3n) is 2.72. The molecule has 1 heterocycles. The molecule has 1 fully saturated rings. The standard InChI is InChI=1S/C11H15N3O/c12-11(15-13)9-3-5-10(6-4-9)14-7-1-2-8-14/h3-6,12H,1-2,7-8,13H2. The Kier molecular flexibility index (Phi) is 2.87. The van der Waals surface area contributed by atoms with Crippen molar-refractivity contribution in [2.24, 2.45) is 5.90 Å². The molecule has 0 atom stereocenters. The maximum absolute atomic E-state index is 7.40. The molecule has 0 unspecified atom stereocenters. The average molecular weight is 205 g/mol. The van der Waals surface area contributed by atoms with Crippen LogP contribution in [0.15, 0.2) is 24.3 Å². The number of anilines is 1. The average Bonchev–Trinajstić information content (AvgIpc) is 2.82. The fraction of sp³-hybridized carbons (Fsp3) is 0.364. The van der Waals surface area contributed by atoms with Gasteiger partial charge in [-0.15, -0.1) is 0 Å². The third-order valence-corrected chi connectivity index (χ3v) is 2.72. The molecule has 15 heavy (non-hydrogen) atoms. The Morgan fingerprint density at radius 2 is 1.80 bits per heavy atom. The van der Waals surface area contributed by atoms with Gasteiger partial charge in [-0.1, -0.05) is 0 Å². The van der Waals surface area contributed by atoms with E-state index in [1.54, 1.807) is 0 Å². The number of nitrogens with one attached hydrogen (secondary N) is 1. The van der Waals surface area contributed by atoms with Crippen molar-refractivity contribution in [2.45, 2.75) is 12.8 Å². The van der Waals surface area contributed by atoms with E-state index < -0.39 is 0 Å². The zero-order valence-electron chi connectivity index (χ0n) is 8.57. The van der Waals surface area contributed by atoms with Crippen LogP contribution >= 0.6 is 0 Å². The molecular formula is C11H15N3O. The fourth-order valence-electron chi connectivity index (χ4n) is 1.87. The third kappa shape index (κ3) is 2.10. The number of rotatable bonds is 2. The Hall–Kier alpha value is -1.55. The highest BCUT2D eigenvalue weighted by atomic mass is 16.6. The van der Waals surface area contributed by atoms with Gasteiger partial charge in [0.25, 0.3) is 0 Å². The molecule has 0 amide bonds. The SMILES string of the molecule is N=C(ON)c1ccc(N2CCCC2)cc1. The minimum Gasteiger partial charge on any atom is -0.391 e. The second-order valence-electron chi connectivity index (χ2n) is 3.69. The summed E-state index contributed by atoms with van der Waals surface area (Å²) in [7, 11) is 0. The summed E-state index contributed by atoms with van der Waals surface area (Å²) in [6.07, 6.45) is 2.53. The summed E-state index contributed by atoms with van der Waals surface area (Å²) in [5, 5.41) is 7.40. The molecule has 80 valence electrons. The second-order valence-corrected chi connectivity index (χ2v) is 3.69. The maximum Gasteiger partial charge on any atom is 0.237 e. The van der Waals surface area contributed by atoms with Crippen LogP contribution in [0.2, 0.25) is 0 Å². The number of nitrogens with two attached hydrogens (primary N) is 1. The lowest BCUT2D eigenvalue weighted by atomic mass is 10.2. The van der Waals surface area contributed by atoms with Gasteiger partial charge >= 0.3 is 0 Å². The largest absolute Gasteiger partial charge is 0.391 e. The molecule has 1 aliphatic heterocycles. The first-order valence-corrected chi connectivity index (χ1v) is 5.12. The van der Waals surface area contributed by atoms with Crippen LogP contribution in [0.1, 0.15) is 18.4 Å². The van der Waals surface area contributed by atoms with E-state index in [1.165, 1.54) is 18.5 Å². The predicted molar refractivity (Wildman–Crippen MR) is 60.0 cm³/mol.